The molecule has 1 heterocycles. The van der Waals surface area contributed by atoms with Crippen molar-refractivity contribution in [1.82, 2.24) is 9.88 Å². The van der Waals surface area contributed by atoms with E-state index in [0.29, 0.717) is 12.2 Å². The summed E-state index contributed by atoms with van der Waals surface area (Å²) < 4.78 is 0. The first-order valence-corrected chi connectivity index (χ1v) is 4.62. The molecule has 0 amide bonds. The average molecular weight is 200 g/mol. The highest BCUT2D eigenvalue weighted by molar-refractivity contribution is 5.25. The standard InChI is InChI=1S/C11H12N4/c1-9(6-12)15(2)8-10-3-4-14-11(5-10)7-13/h3-5,9H,8H2,1-2H3. The van der Waals surface area contributed by atoms with E-state index in [1.54, 1.807) is 12.3 Å². The molecule has 0 aromatic carbocycles. The van der Waals surface area contributed by atoms with Gasteiger partial charge in [-0.05, 0) is 31.7 Å². The number of nitriles is 2. The Labute approximate surface area is 89.4 Å². The lowest BCUT2D eigenvalue weighted by Crippen LogP contribution is -2.27. The van der Waals surface area contributed by atoms with E-state index in [1.807, 2.05) is 31.0 Å². The summed E-state index contributed by atoms with van der Waals surface area (Å²) in [7, 11) is 1.88. The van der Waals surface area contributed by atoms with Gasteiger partial charge in [0.05, 0.1) is 12.1 Å². The largest absolute Gasteiger partial charge is 0.287 e. The van der Waals surface area contributed by atoms with Crippen LogP contribution in [0.3, 0.4) is 0 Å². The Kier molecular flexibility index (Phi) is 3.79. The third-order valence-corrected chi connectivity index (χ3v) is 2.22. The van der Waals surface area contributed by atoms with Crippen molar-refractivity contribution in [3.63, 3.8) is 0 Å². The first kappa shape index (κ1) is 11.2. The molecule has 0 saturated heterocycles. The molecule has 1 aromatic heterocycles. The fourth-order valence-corrected chi connectivity index (χ4v) is 1.16. The molecule has 0 aliphatic carbocycles. The van der Waals surface area contributed by atoms with Gasteiger partial charge in [-0.3, -0.25) is 4.90 Å². The molecule has 4 nitrogen and oxygen atoms in total. The Morgan fingerprint density at radius 3 is 2.87 bits per heavy atom. The molecular weight excluding hydrogens is 188 g/mol. The van der Waals surface area contributed by atoms with Crippen LogP contribution in [-0.2, 0) is 6.54 Å². The molecule has 0 fully saturated rings. The summed E-state index contributed by atoms with van der Waals surface area (Å²) in [6.45, 7) is 2.48. The van der Waals surface area contributed by atoms with E-state index < -0.39 is 0 Å². The normalized spacial score (nSPS) is 11.8. The molecule has 0 aliphatic heterocycles. The predicted molar refractivity (Wildman–Crippen MR) is 55.5 cm³/mol. The lowest BCUT2D eigenvalue weighted by Gasteiger charge is -2.18. The second-order valence-corrected chi connectivity index (χ2v) is 3.38. The molecule has 76 valence electrons. The number of hydrogen-bond acceptors (Lipinski definition) is 4. The van der Waals surface area contributed by atoms with Crippen LogP contribution in [0.5, 0.6) is 0 Å². The third kappa shape index (κ3) is 3.05. The molecular formula is C11H12N4. The molecule has 15 heavy (non-hydrogen) atoms. The lowest BCUT2D eigenvalue weighted by atomic mass is 10.2. The summed E-state index contributed by atoms with van der Waals surface area (Å²) >= 11 is 0. The number of pyridine rings is 1. The average Bonchev–Trinajstić information content (AvgIpc) is 2.28. The predicted octanol–water partition coefficient (Wildman–Crippen LogP) is 1.30. The number of rotatable bonds is 3. The van der Waals surface area contributed by atoms with Crippen molar-refractivity contribution in [1.29, 1.82) is 10.5 Å². The first-order chi connectivity index (χ1) is 7.17. The maximum absolute atomic E-state index is 8.73. The van der Waals surface area contributed by atoms with Crippen LogP contribution in [0, 0.1) is 22.7 Å². The van der Waals surface area contributed by atoms with E-state index in [0.717, 1.165) is 5.56 Å². The number of hydrogen-bond donors (Lipinski definition) is 0. The summed E-state index contributed by atoms with van der Waals surface area (Å²) in [6, 6.07) is 7.60. The Balaban J connectivity index is 2.74. The van der Waals surface area contributed by atoms with Crippen LogP contribution >= 0.6 is 0 Å². The van der Waals surface area contributed by atoms with E-state index >= 15 is 0 Å². The molecule has 4 heteroatoms. The topological polar surface area (TPSA) is 63.7 Å². The molecule has 0 saturated carbocycles. The zero-order valence-electron chi connectivity index (χ0n) is 8.81. The summed E-state index contributed by atoms with van der Waals surface area (Å²) in [5.41, 5.74) is 1.40. The van der Waals surface area contributed by atoms with Crippen molar-refractivity contribution in [2.45, 2.75) is 19.5 Å². The molecule has 0 radical (unpaired) electrons. The maximum Gasteiger partial charge on any atom is 0.140 e. The first-order valence-electron chi connectivity index (χ1n) is 4.62. The fourth-order valence-electron chi connectivity index (χ4n) is 1.16. The zero-order valence-corrected chi connectivity index (χ0v) is 8.81. The summed E-state index contributed by atoms with van der Waals surface area (Å²) in [5, 5.41) is 17.4. The highest BCUT2D eigenvalue weighted by Gasteiger charge is 2.08. The zero-order chi connectivity index (χ0) is 11.3. The fraction of sp³-hybridized carbons (Fsp3) is 0.364. The second kappa shape index (κ2) is 5.09. The van der Waals surface area contributed by atoms with Crippen LogP contribution in [0.1, 0.15) is 18.2 Å². The quantitative estimate of drug-likeness (QED) is 0.737. The van der Waals surface area contributed by atoms with Crippen molar-refractivity contribution in [2.75, 3.05) is 7.05 Å². The van der Waals surface area contributed by atoms with Gasteiger partial charge in [0.25, 0.3) is 0 Å². The van der Waals surface area contributed by atoms with Gasteiger partial charge in [0.15, 0.2) is 0 Å². The van der Waals surface area contributed by atoms with Gasteiger partial charge in [-0.1, -0.05) is 0 Å². The Morgan fingerprint density at radius 2 is 2.27 bits per heavy atom. The SMILES string of the molecule is CC(C#N)N(C)Cc1ccnc(C#N)c1. The number of aromatic nitrogens is 1. The molecule has 1 atom stereocenters. The smallest absolute Gasteiger partial charge is 0.140 e. The van der Waals surface area contributed by atoms with Crippen molar-refractivity contribution >= 4 is 0 Å². The highest BCUT2D eigenvalue weighted by Crippen LogP contribution is 2.06. The molecule has 0 N–H and O–H groups in total. The van der Waals surface area contributed by atoms with Gasteiger partial charge < -0.3 is 0 Å². The van der Waals surface area contributed by atoms with Gasteiger partial charge in [0.2, 0.25) is 0 Å². The van der Waals surface area contributed by atoms with Gasteiger partial charge >= 0.3 is 0 Å². The summed E-state index contributed by atoms with van der Waals surface area (Å²) in [6.07, 6.45) is 1.61. The molecule has 1 unspecified atom stereocenters. The second-order valence-electron chi connectivity index (χ2n) is 3.38. The van der Waals surface area contributed by atoms with Gasteiger partial charge in [0, 0.05) is 12.7 Å². The monoisotopic (exact) mass is 200 g/mol. The van der Waals surface area contributed by atoms with Crippen molar-refractivity contribution in [3.05, 3.63) is 29.6 Å². The van der Waals surface area contributed by atoms with E-state index in [2.05, 4.69) is 11.1 Å². The Bertz CT molecular complexity index is 413. The van der Waals surface area contributed by atoms with Crippen LogP contribution in [-0.4, -0.2) is 23.0 Å². The van der Waals surface area contributed by atoms with Crippen LogP contribution in [0.25, 0.3) is 0 Å². The van der Waals surface area contributed by atoms with Gasteiger partial charge in [-0.15, -0.1) is 0 Å². The minimum Gasteiger partial charge on any atom is -0.287 e. The van der Waals surface area contributed by atoms with Crippen LogP contribution in [0.2, 0.25) is 0 Å². The molecule has 0 spiro atoms. The van der Waals surface area contributed by atoms with E-state index in [4.69, 9.17) is 10.5 Å². The summed E-state index contributed by atoms with van der Waals surface area (Å²) in [5.74, 6) is 0. The maximum atomic E-state index is 8.73. The third-order valence-electron chi connectivity index (χ3n) is 2.22. The van der Waals surface area contributed by atoms with E-state index in [9.17, 15) is 0 Å². The molecule has 1 rings (SSSR count). The van der Waals surface area contributed by atoms with Gasteiger partial charge in [0.1, 0.15) is 11.8 Å². The minimum absolute atomic E-state index is 0.135. The van der Waals surface area contributed by atoms with Crippen LogP contribution in [0.15, 0.2) is 18.3 Å². The van der Waals surface area contributed by atoms with Gasteiger partial charge in [-0.25, -0.2) is 4.98 Å². The van der Waals surface area contributed by atoms with E-state index in [1.165, 1.54) is 0 Å². The Hall–Kier alpha value is -1.91. The van der Waals surface area contributed by atoms with Crippen molar-refractivity contribution in [2.24, 2.45) is 0 Å². The molecule has 0 aliphatic rings. The minimum atomic E-state index is -0.135. The van der Waals surface area contributed by atoms with E-state index in [-0.39, 0.29) is 6.04 Å². The van der Waals surface area contributed by atoms with Crippen LogP contribution < -0.4 is 0 Å². The Morgan fingerprint density at radius 1 is 1.53 bits per heavy atom. The number of nitrogens with zero attached hydrogens (tertiary/aromatic N) is 4. The molecule has 1 aromatic rings. The molecule has 0 bridgehead atoms. The van der Waals surface area contributed by atoms with Crippen molar-refractivity contribution in [3.8, 4) is 12.1 Å². The lowest BCUT2D eigenvalue weighted by molar-refractivity contribution is 0.294. The highest BCUT2D eigenvalue weighted by atomic mass is 15.1. The summed E-state index contributed by atoms with van der Waals surface area (Å²) in [4.78, 5) is 5.80. The van der Waals surface area contributed by atoms with Crippen molar-refractivity contribution < 1.29 is 0 Å². The van der Waals surface area contributed by atoms with Crippen LogP contribution in [0.4, 0.5) is 0 Å². The van der Waals surface area contributed by atoms with Gasteiger partial charge in [-0.2, -0.15) is 10.5 Å².